The highest BCUT2D eigenvalue weighted by Gasteiger charge is 2.31. The Morgan fingerprint density at radius 1 is 1.50 bits per heavy atom. The van der Waals surface area contributed by atoms with E-state index in [0.717, 1.165) is 6.07 Å². The maximum absolute atomic E-state index is 12.3. The van der Waals surface area contributed by atoms with E-state index < -0.39 is 17.7 Å². The van der Waals surface area contributed by atoms with E-state index in [0.29, 0.717) is 6.20 Å². The SMILES string of the molecule is CCOC(=O)CCc1ncc(C(F)(F)F)cc1N. The number of alkyl halides is 3. The van der Waals surface area contributed by atoms with E-state index >= 15 is 0 Å². The third-order valence-electron chi connectivity index (χ3n) is 2.20. The van der Waals surface area contributed by atoms with Gasteiger partial charge in [0.15, 0.2) is 0 Å². The van der Waals surface area contributed by atoms with E-state index in [-0.39, 0.29) is 30.8 Å². The van der Waals surface area contributed by atoms with Gasteiger partial charge in [-0.3, -0.25) is 9.78 Å². The quantitative estimate of drug-likeness (QED) is 0.844. The average molecular weight is 262 g/mol. The summed E-state index contributed by atoms with van der Waals surface area (Å²) in [5.41, 5.74) is 4.75. The lowest BCUT2D eigenvalue weighted by molar-refractivity contribution is -0.143. The summed E-state index contributed by atoms with van der Waals surface area (Å²) in [7, 11) is 0. The number of rotatable bonds is 4. The van der Waals surface area contributed by atoms with Gasteiger partial charge in [0, 0.05) is 12.6 Å². The van der Waals surface area contributed by atoms with Crippen LogP contribution in [0.3, 0.4) is 0 Å². The number of anilines is 1. The molecule has 0 aromatic carbocycles. The van der Waals surface area contributed by atoms with Gasteiger partial charge in [0.2, 0.25) is 0 Å². The standard InChI is InChI=1S/C11H13F3N2O2/c1-2-18-10(17)4-3-9-8(15)5-7(6-16-9)11(12,13)14/h5-6H,2-4,15H2,1H3. The summed E-state index contributed by atoms with van der Waals surface area (Å²) in [6, 6.07) is 0.813. The molecule has 0 aliphatic heterocycles. The molecule has 1 aromatic rings. The maximum Gasteiger partial charge on any atom is 0.417 e. The Morgan fingerprint density at radius 3 is 2.67 bits per heavy atom. The molecule has 0 saturated heterocycles. The number of carbonyl (C=O) groups excluding carboxylic acids is 1. The van der Waals surface area contributed by atoms with Gasteiger partial charge in [0.05, 0.1) is 30.0 Å². The van der Waals surface area contributed by atoms with Crippen LogP contribution in [0, 0.1) is 0 Å². The summed E-state index contributed by atoms with van der Waals surface area (Å²) in [5.74, 6) is -0.432. The Hall–Kier alpha value is -1.79. The average Bonchev–Trinajstić information content (AvgIpc) is 2.26. The number of aromatic nitrogens is 1. The maximum atomic E-state index is 12.3. The van der Waals surface area contributed by atoms with Crippen molar-refractivity contribution in [3.05, 3.63) is 23.5 Å². The van der Waals surface area contributed by atoms with Gasteiger partial charge in [0.1, 0.15) is 0 Å². The molecule has 1 heterocycles. The Kier molecular flexibility index (Phi) is 4.52. The minimum atomic E-state index is -4.47. The van der Waals surface area contributed by atoms with Crippen LogP contribution in [0.5, 0.6) is 0 Å². The first kappa shape index (κ1) is 14.3. The zero-order valence-corrected chi connectivity index (χ0v) is 9.75. The highest BCUT2D eigenvalue weighted by atomic mass is 19.4. The molecule has 0 bridgehead atoms. The van der Waals surface area contributed by atoms with Crippen LogP contribution >= 0.6 is 0 Å². The van der Waals surface area contributed by atoms with Crippen molar-refractivity contribution < 1.29 is 22.7 Å². The Balaban J connectivity index is 2.72. The number of carbonyl (C=O) groups is 1. The summed E-state index contributed by atoms with van der Waals surface area (Å²) < 4.78 is 41.7. The van der Waals surface area contributed by atoms with Gasteiger partial charge >= 0.3 is 12.1 Å². The number of ether oxygens (including phenoxy) is 1. The second-order valence-corrected chi connectivity index (χ2v) is 3.56. The second-order valence-electron chi connectivity index (χ2n) is 3.56. The predicted molar refractivity (Wildman–Crippen MR) is 58.6 cm³/mol. The Morgan fingerprint density at radius 2 is 2.17 bits per heavy atom. The molecule has 1 aromatic heterocycles. The van der Waals surface area contributed by atoms with Gasteiger partial charge in [-0.05, 0) is 13.0 Å². The number of hydrogen-bond acceptors (Lipinski definition) is 4. The Bertz CT molecular complexity index is 433. The molecule has 0 unspecified atom stereocenters. The van der Waals surface area contributed by atoms with Gasteiger partial charge in [-0.25, -0.2) is 0 Å². The summed E-state index contributed by atoms with van der Waals surface area (Å²) >= 11 is 0. The van der Waals surface area contributed by atoms with Crippen LogP contribution in [-0.2, 0) is 22.1 Å². The van der Waals surface area contributed by atoms with Crippen molar-refractivity contribution >= 4 is 11.7 Å². The van der Waals surface area contributed by atoms with E-state index in [2.05, 4.69) is 4.98 Å². The number of esters is 1. The van der Waals surface area contributed by atoms with Crippen molar-refractivity contribution in [1.82, 2.24) is 4.98 Å². The molecule has 0 atom stereocenters. The third kappa shape index (κ3) is 3.90. The van der Waals surface area contributed by atoms with Crippen molar-refractivity contribution in [2.45, 2.75) is 25.9 Å². The second kappa shape index (κ2) is 5.70. The van der Waals surface area contributed by atoms with E-state index in [1.165, 1.54) is 0 Å². The van der Waals surface area contributed by atoms with Crippen LogP contribution in [0.1, 0.15) is 24.6 Å². The fraction of sp³-hybridized carbons (Fsp3) is 0.455. The lowest BCUT2D eigenvalue weighted by Gasteiger charge is -2.09. The summed E-state index contributed by atoms with van der Waals surface area (Å²) in [5, 5.41) is 0. The van der Waals surface area contributed by atoms with Gasteiger partial charge in [0.25, 0.3) is 0 Å². The first-order valence-electron chi connectivity index (χ1n) is 5.31. The molecule has 0 saturated carbocycles. The molecule has 2 N–H and O–H groups in total. The number of aryl methyl sites for hydroxylation is 1. The van der Waals surface area contributed by atoms with Crippen LogP contribution in [0.15, 0.2) is 12.3 Å². The Labute approximate surface area is 102 Å². The predicted octanol–water partition coefficient (Wildman–Crippen LogP) is 2.18. The molecular weight excluding hydrogens is 249 g/mol. The molecule has 1 rings (SSSR count). The van der Waals surface area contributed by atoms with Gasteiger partial charge < -0.3 is 10.5 Å². The highest BCUT2D eigenvalue weighted by Crippen LogP contribution is 2.30. The lowest BCUT2D eigenvalue weighted by atomic mass is 10.1. The zero-order chi connectivity index (χ0) is 13.8. The third-order valence-corrected chi connectivity index (χ3v) is 2.20. The smallest absolute Gasteiger partial charge is 0.417 e. The summed E-state index contributed by atoms with van der Waals surface area (Å²) in [4.78, 5) is 14.7. The van der Waals surface area contributed by atoms with Crippen molar-refractivity contribution in [2.75, 3.05) is 12.3 Å². The topological polar surface area (TPSA) is 65.2 Å². The van der Waals surface area contributed by atoms with Crippen molar-refractivity contribution in [3.63, 3.8) is 0 Å². The van der Waals surface area contributed by atoms with E-state index in [1.54, 1.807) is 6.92 Å². The number of nitrogens with two attached hydrogens (primary N) is 1. The normalized spacial score (nSPS) is 11.3. The molecule has 0 fully saturated rings. The van der Waals surface area contributed by atoms with E-state index in [4.69, 9.17) is 10.5 Å². The van der Waals surface area contributed by atoms with Gasteiger partial charge in [-0.2, -0.15) is 13.2 Å². The molecular formula is C11H13F3N2O2. The van der Waals surface area contributed by atoms with Gasteiger partial charge in [-0.1, -0.05) is 0 Å². The number of nitrogens with zero attached hydrogens (tertiary/aromatic N) is 1. The van der Waals surface area contributed by atoms with E-state index in [1.807, 2.05) is 0 Å². The molecule has 0 amide bonds. The number of pyridine rings is 1. The van der Waals surface area contributed by atoms with Crippen LogP contribution in [0.4, 0.5) is 18.9 Å². The van der Waals surface area contributed by atoms with Crippen LogP contribution in [0.2, 0.25) is 0 Å². The number of hydrogen-bond donors (Lipinski definition) is 1. The molecule has 0 aliphatic carbocycles. The molecule has 100 valence electrons. The first-order chi connectivity index (χ1) is 8.34. The fourth-order valence-corrected chi connectivity index (χ4v) is 1.33. The lowest BCUT2D eigenvalue weighted by Crippen LogP contribution is -2.10. The van der Waals surface area contributed by atoms with E-state index in [9.17, 15) is 18.0 Å². The zero-order valence-electron chi connectivity index (χ0n) is 9.75. The minimum Gasteiger partial charge on any atom is -0.466 e. The number of halogens is 3. The van der Waals surface area contributed by atoms with Crippen LogP contribution in [0.25, 0.3) is 0 Å². The molecule has 18 heavy (non-hydrogen) atoms. The fourth-order valence-electron chi connectivity index (χ4n) is 1.33. The molecule has 0 aliphatic rings. The minimum absolute atomic E-state index is 0.0381. The van der Waals surface area contributed by atoms with Crippen molar-refractivity contribution in [3.8, 4) is 0 Å². The summed E-state index contributed by atoms with van der Waals surface area (Å²) in [6.45, 7) is 1.93. The largest absolute Gasteiger partial charge is 0.466 e. The number of nitrogen functional groups attached to an aromatic ring is 1. The van der Waals surface area contributed by atoms with Crippen LogP contribution in [-0.4, -0.2) is 17.6 Å². The monoisotopic (exact) mass is 262 g/mol. The molecule has 4 nitrogen and oxygen atoms in total. The molecule has 0 spiro atoms. The molecule has 0 radical (unpaired) electrons. The van der Waals surface area contributed by atoms with Gasteiger partial charge in [-0.15, -0.1) is 0 Å². The van der Waals surface area contributed by atoms with Crippen molar-refractivity contribution in [2.24, 2.45) is 0 Å². The highest BCUT2D eigenvalue weighted by molar-refractivity contribution is 5.69. The van der Waals surface area contributed by atoms with Crippen molar-refractivity contribution in [1.29, 1.82) is 0 Å². The van der Waals surface area contributed by atoms with Crippen LogP contribution < -0.4 is 5.73 Å². The first-order valence-corrected chi connectivity index (χ1v) is 5.31. The summed E-state index contributed by atoms with van der Waals surface area (Å²) in [6.07, 6.45) is -3.57. The molecule has 7 heteroatoms.